The highest BCUT2D eigenvalue weighted by Crippen LogP contribution is 2.36. The second-order valence-electron chi connectivity index (χ2n) is 9.10. The van der Waals surface area contributed by atoms with E-state index < -0.39 is 0 Å². The predicted octanol–water partition coefficient (Wildman–Crippen LogP) is 4.64. The van der Waals surface area contributed by atoms with Crippen LogP contribution in [0.4, 0.5) is 0 Å². The fourth-order valence-corrected chi connectivity index (χ4v) is 4.15. The molecule has 1 atom stereocenters. The highest BCUT2D eigenvalue weighted by atomic mass is 16.5. The zero-order chi connectivity index (χ0) is 23.9. The maximum atomic E-state index is 11.7. The number of allylic oxidation sites excluding steroid dienone is 1. The number of rotatable bonds is 8. The summed E-state index contributed by atoms with van der Waals surface area (Å²) in [6, 6.07) is 5.12. The minimum Gasteiger partial charge on any atom is -0.492 e. The van der Waals surface area contributed by atoms with E-state index in [1.54, 1.807) is 18.2 Å². The van der Waals surface area contributed by atoms with Crippen LogP contribution >= 0.6 is 0 Å². The van der Waals surface area contributed by atoms with Gasteiger partial charge in [0.25, 0.3) is 0 Å². The van der Waals surface area contributed by atoms with Crippen molar-refractivity contribution in [3.63, 3.8) is 0 Å². The van der Waals surface area contributed by atoms with E-state index in [1.165, 1.54) is 26.7 Å². The van der Waals surface area contributed by atoms with Crippen LogP contribution in [0.3, 0.4) is 0 Å². The summed E-state index contributed by atoms with van der Waals surface area (Å²) in [7, 11) is 0. The second kappa shape index (κ2) is 11.4. The molecule has 32 heavy (non-hydrogen) atoms. The molecule has 176 valence electrons. The minimum atomic E-state index is -0.112. The number of hydrogen-bond acceptors (Lipinski definition) is 5. The Balaban J connectivity index is 0.000000336. The number of benzene rings is 1. The maximum Gasteiger partial charge on any atom is 0.224 e. The summed E-state index contributed by atoms with van der Waals surface area (Å²) in [5.41, 5.74) is 2.27. The third kappa shape index (κ3) is 6.76. The quantitative estimate of drug-likeness (QED) is 0.594. The zero-order valence-corrected chi connectivity index (χ0v) is 20.3. The van der Waals surface area contributed by atoms with Gasteiger partial charge in [-0.2, -0.15) is 0 Å². The van der Waals surface area contributed by atoms with Gasteiger partial charge in [-0.15, -0.1) is 0 Å². The van der Waals surface area contributed by atoms with Gasteiger partial charge in [0.05, 0.1) is 0 Å². The van der Waals surface area contributed by atoms with E-state index in [2.05, 4.69) is 37.6 Å². The number of amides is 1. The maximum absolute atomic E-state index is 11.7. The van der Waals surface area contributed by atoms with Gasteiger partial charge < -0.3 is 10.1 Å². The van der Waals surface area contributed by atoms with Crippen molar-refractivity contribution in [2.24, 2.45) is 11.3 Å². The Kier molecular flexibility index (Phi) is 9.20. The van der Waals surface area contributed by atoms with Crippen LogP contribution in [0.1, 0.15) is 81.0 Å². The number of hydrogen-bond donors (Lipinski definition) is 1. The molecule has 0 bridgehead atoms. The third-order valence-electron chi connectivity index (χ3n) is 6.74. The molecule has 2 fully saturated rings. The van der Waals surface area contributed by atoms with E-state index in [0.29, 0.717) is 41.2 Å². The number of carbonyl (C=O) groups is 3. The van der Waals surface area contributed by atoms with Crippen LogP contribution in [0, 0.1) is 11.3 Å². The molecule has 3 rings (SSSR count). The van der Waals surface area contributed by atoms with Gasteiger partial charge in [0.2, 0.25) is 5.91 Å². The average Bonchev–Trinajstić information content (AvgIpc) is 2.73. The van der Waals surface area contributed by atoms with Crippen molar-refractivity contribution >= 4 is 17.5 Å². The first kappa shape index (κ1) is 25.8. The van der Waals surface area contributed by atoms with E-state index >= 15 is 0 Å². The topological polar surface area (TPSA) is 75.7 Å². The van der Waals surface area contributed by atoms with Crippen LogP contribution in [0.2, 0.25) is 0 Å². The molecule has 0 aliphatic carbocycles. The van der Waals surface area contributed by atoms with Gasteiger partial charge in [-0.05, 0) is 62.6 Å². The molecular formula is C26H38N2O4. The SMILES string of the molecule is C=C1NC(=O)CCC1C.CCC1(CC)CN(CCOc2ccc(C(C)=O)c(C(C)=O)c2)C1. The molecule has 0 spiro atoms. The number of ketones is 2. The second-order valence-corrected chi connectivity index (χ2v) is 9.10. The van der Waals surface area contributed by atoms with Crippen molar-refractivity contribution < 1.29 is 19.1 Å². The van der Waals surface area contributed by atoms with Crippen LogP contribution in [-0.4, -0.2) is 48.6 Å². The molecular weight excluding hydrogens is 404 g/mol. The number of Topliss-reactive ketones (excluding diaryl/α,β-unsaturated/α-hetero) is 2. The van der Waals surface area contributed by atoms with Gasteiger partial charge in [-0.1, -0.05) is 27.4 Å². The Morgan fingerprint density at radius 1 is 1.16 bits per heavy atom. The summed E-state index contributed by atoms with van der Waals surface area (Å²) in [6.07, 6.45) is 4.07. The summed E-state index contributed by atoms with van der Waals surface area (Å²) < 4.78 is 5.77. The molecule has 1 N–H and O–H groups in total. The molecule has 0 saturated carbocycles. The zero-order valence-electron chi connectivity index (χ0n) is 20.3. The number of nitrogens with zero attached hydrogens (tertiary/aromatic N) is 1. The van der Waals surface area contributed by atoms with Gasteiger partial charge in [0, 0.05) is 42.9 Å². The van der Waals surface area contributed by atoms with Crippen molar-refractivity contribution in [3.8, 4) is 5.75 Å². The Bertz CT molecular complexity index is 849. The molecule has 2 heterocycles. The van der Waals surface area contributed by atoms with Crippen molar-refractivity contribution in [1.29, 1.82) is 0 Å². The summed E-state index contributed by atoms with van der Waals surface area (Å²) in [6.45, 7) is 17.0. The van der Waals surface area contributed by atoms with Crippen molar-refractivity contribution in [2.45, 2.75) is 60.3 Å². The predicted molar refractivity (Wildman–Crippen MR) is 127 cm³/mol. The number of carbonyl (C=O) groups excluding carboxylic acids is 3. The lowest BCUT2D eigenvalue weighted by Gasteiger charge is -2.49. The first-order chi connectivity index (χ1) is 15.1. The Hall–Kier alpha value is -2.47. The number of piperidine rings is 1. The van der Waals surface area contributed by atoms with Crippen molar-refractivity contribution in [3.05, 3.63) is 41.6 Å². The summed E-state index contributed by atoms with van der Waals surface area (Å²) >= 11 is 0. The molecule has 6 heteroatoms. The molecule has 1 aromatic carbocycles. The average molecular weight is 443 g/mol. The molecule has 2 aliphatic heterocycles. The van der Waals surface area contributed by atoms with Crippen LogP contribution < -0.4 is 10.1 Å². The standard InChI is InChI=1S/C19H27NO3.C7H11NO/c1-5-19(6-2)12-20(13-19)9-10-23-16-7-8-17(14(3)21)18(11-16)15(4)22;1-5-3-4-7(9)8-6(5)2/h7-8,11H,5-6,9-10,12-13H2,1-4H3;5H,2-4H2,1H3,(H,8,9). The number of ether oxygens (including phenoxy) is 1. The number of nitrogens with one attached hydrogen (secondary N) is 1. The fraction of sp³-hybridized carbons (Fsp3) is 0.577. The molecule has 1 aromatic rings. The monoisotopic (exact) mass is 442 g/mol. The highest BCUT2D eigenvalue weighted by Gasteiger charge is 2.39. The molecule has 2 aliphatic rings. The molecule has 0 radical (unpaired) electrons. The smallest absolute Gasteiger partial charge is 0.224 e. The fourth-order valence-electron chi connectivity index (χ4n) is 4.15. The normalized spacial score (nSPS) is 19.8. The Labute approximate surface area is 192 Å². The highest BCUT2D eigenvalue weighted by molar-refractivity contribution is 6.07. The Morgan fingerprint density at radius 3 is 2.28 bits per heavy atom. The molecule has 2 saturated heterocycles. The van der Waals surface area contributed by atoms with E-state index in [9.17, 15) is 14.4 Å². The van der Waals surface area contributed by atoms with Crippen LogP contribution in [-0.2, 0) is 4.79 Å². The summed E-state index contributed by atoms with van der Waals surface area (Å²) in [4.78, 5) is 36.3. The lowest BCUT2D eigenvalue weighted by atomic mass is 9.75. The van der Waals surface area contributed by atoms with Gasteiger partial charge in [-0.3, -0.25) is 19.3 Å². The van der Waals surface area contributed by atoms with E-state index in [4.69, 9.17) is 4.74 Å². The van der Waals surface area contributed by atoms with E-state index in [0.717, 1.165) is 31.8 Å². The first-order valence-electron chi connectivity index (χ1n) is 11.6. The van der Waals surface area contributed by atoms with E-state index in [-0.39, 0.29) is 17.5 Å². The van der Waals surface area contributed by atoms with Crippen molar-refractivity contribution in [2.75, 3.05) is 26.2 Å². The molecule has 0 aromatic heterocycles. The van der Waals surface area contributed by atoms with Gasteiger partial charge in [-0.25, -0.2) is 0 Å². The van der Waals surface area contributed by atoms with Crippen LogP contribution in [0.25, 0.3) is 0 Å². The van der Waals surface area contributed by atoms with Crippen LogP contribution in [0.5, 0.6) is 5.75 Å². The minimum absolute atomic E-state index is 0.0993. The molecule has 6 nitrogen and oxygen atoms in total. The van der Waals surface area contributed by atoms with Gasteiger partial charge in [0.15, 0.2) is 11.6 Å². The lowest BCUT2D eigenvalue weighted by molar-refractivity contribution is -0.121. The summed E-state index contributed by atoms with van der Waals surface area (Å²) in [5.74, 6) is 1.01. The Morgan fingerprint density at radius 2 is 1.78 bits per heavy atom. The summed E-state index contributed by atoms with van der Waals surface area (Å²) in [5, 5.41) is 2.70. The number of likely N-dealkylation sites (tertiary alicyclic amines) is 1. The van der Waals surface area contributed by atoms with Crippen molar-refractivity contribution in [1.82, 2.24) is 10.2 Å². The lowest BCUT2D eigenvalue weighted by Crippen LogP contribution is -2.56. The first-order valence-corrected chi connectivity index (χ1v) is 11.6. The van der Waals surface area contributed by atoms with Gasteiger partial charge >= 0.3 is 0 Å². The molecule has 1 unspecified atom stereocenters. The van der Waals surface area contributed by atoms with Gasteiger partial charge in [0.1, 0.15) is 12.4 Å². The van der Waals surface area contributed by atoms with Crippen LogP contribution in [0.15, 0.2) is 30.5 Å². The third-order valence-corrected chi connectivity index (χ3v) is 6.74. The largest absolute Gasteiger partial charge is 0.492 e. The molecule has 1 amide bonds. The van der Waals surface area contributed by atoms with E-state index in [1.807, 2.05) is 0 Å².